The van der Waals surface area contributed by atoms with E-state index in [-0.39, 0.29) is 0 Å². The minimum absolute atomic E-state index is 0.335. The molecule has 0 spiro atoms. The van der Waals surface area contributed by atoms with Gasteiger partial charge in [-0.2, -0.15) is 0 Å². The van der Waals surface area contributed by atoms with Crippen LogP contribution >= 0.6 is 23.1 Å². The zero-order valence-electron chi connectivity index (χ0n) is 7.99. The molecule has 1 heterocycles. The zero-order valence-corrected chi connectivity index (χ0v) is 12.8. The van der Waals surface area contributed by atoms with Crippen molar-refractivity contribution in [3.05, 3.63) is 16.1 Å². The predicted molar refractivity (Wildman–Crippen MR) is 63.2 cm³/mol. The molecule has 1 radical (unpaired) electrons. The second-order valence-corrected chi connectivity index (χ2v) is 6.46. The van der Waals surface area contributed by atoms with E-state index in [2.05, 4.69) is 4.98 Å². The Bertz CT molecular complexity index is 301. The number of nitrogens with zero attached hydrogens (tertiary/aromatic N) is 1. The normalized spacial score (nSPS) is 10.4. The fraction of sp³-hybridized carbons (Fsp3) is 0.556. The Morgan fingerprint density at radius 3 is 3.07 bits per heavy atom. The first-order chi connectivity index (χ1) is 6.74. The van der Waals surface area contributed by atoms with E-state index >= 15 is 0 Å². The van der Waals surface area contributed by atoms with Crippen LogP contribution in [-0.2, 0) is 11.2 Å². The molecule has 5 heteroatoms. The molecule has 14 heavy (non-hydrogen) atoms. The molecule has 0 N–H and O–H groups in total. The van der Waals surface area contributed by atoms with Crippen molar-refractivity contribution >= 4 is 53.3 Å². The summed E-state index contributed by atoms with van der Waals surface area (Å²) < 4.78 is 1.03. The summed E-state index contributed by atoms with van der Waals surface area (Å²) in [6.07, 6.45) is 1.71. The van der Waals surface area contributed by atoms with Crippen molar-refractivity contribution in [2.75, 3.05) is 5.75 Å². The first-order valence-corrected chi connectivity index (χ1v) is 8.47. The molecule has 0 saturated heterocycles. The van der Waals surface area contributed by atoms with Gasteiger partial charge in [0.05, 0.1) is 0 Å². The Morgan fingerprint density at radius 2 is 2.50 bits per heavy atom. The summed E-state index contributed by atoms with van der Waals surface area (Å²) >= 11 is 4.64. The quantitative estimate of drug-likeness (QED) is 0.728. The van der Waals surface area contributed by atoms with E-state index in [9.17, 15) is 4.79 Å². The molecule has 0 bridgehead atoms. The van der Waals surface area contributed by atoms with E-state index in [1.54, 1.807) is 11.3 Å². The molecule has 0 atom stereocenters. The van der Waals surface area contributed by atoms with Gasteiger partial charge in [0.15, 0.2) is 0 Å². The van der Waals surface area contributed by atoms with Gasteiger partial charge < -0.3 is 0 Å². The van der Waals surface area contributed by atoms with Gasteiger partial charge in [-0.05, 0) is 0 Å². The van der Waals surface area contributed by atoms with Gasteiger partial charge in [0, 0.05) is 0 Å². The van der Waals surface area contributed by atoms with Crippen molar-refractivity contribution in [2.45, 2.75) is 23.8 Å². The van der Waals surface area contributed by atoms with E-state index < -0.39 is 0 Å². The van der Waals surface area contributed by atoms with E-state index in [1.165, 1.54) is 41.7 Å². The average molecular weight is 423 g/mol. The standard InChI is InChI=1S/C9H12NOS2.Po/c1-3-9(11)12-5-4-8-7(2)10-6-13-8;/h6H,1,3-5H2,2H3;. The van der Waals surface area contributed by atoms with Crippen LogP contribution in [0.2, 0.25) is 4.08 Å². The van der Waals surface area contributed by atoms with Gasteiger partial charge >= 0.3 is 109 Å². The molecule has 0 fully saturated rings. The van der Waals surface area contributed by atoms with Crippen LogP contribution in [0, 0.1) is 6.92 Å². The van der Waals surface area contributed by atoms with Gasteiger partial charge in [0.2, 0.25) is 0 Å². The van der Waals surface area contributed by atoms with E-state index in [4.69, 9.17) is 0 Å². The Labute approximate surface area is 108 Å². The van der Waals surface area contributed by atoms with Crippen molar-refractivity contribution in [1.82, 2.24) is 4.98 Å². The zero-order chi connectivity index (χ0) is 10.4. The number of hydrogen-bond acceptors (Lipinski definition) is 4. The summed E-state index contributed by atoms with van der Waals surface area (Å²) in [6, 6.07) is 0. The second kappa shape index (κ2) is 6.93. The van der Waals surface area contributed by atoms with Crippen LogP contribution in [0.1, 0.15) is 17.0 Å². The molecular weight excluding hydrogens is 411 g/mol. The molecule has 2 nitrogen and oxygen atoms in total. The van der Waals surface area contributed by atoms with E-state index in [1.807, 2.05) is 12.4 Å². The van der Waals surface area contributed by atoms with Gasteiger partial charge in [-0.3, -0.25) is 0 Å². The van der Waals surface area contributed by atoms with Crippen molar-refractivity contribution < 1.29 is 4.79 Å². The summed E-state index contributed by atoms with van der Waals surface area (Å²) in [7, 11) is 0. The summed E-state index contributed by atoms with van der Waals surface area (Å²) in [4.78, 5) is 16.7. The molecule has 1 rings (SSSR count). The summed E-state index contributed by atoms with van der Waals surface area (Å²) in [5.74, 6) is 0.900. The fourth-order valence-electron chi connectivity index (χ4n) is 0.979. The maximum atomic E-state index is 11.2. The topological polar surface area (TPSA) is 30.0 Å². The molecule has 0 unspecified atom stereocenters. The minimum atomic E-state index is 0.335. The number of carbonyl (C=O) groups is 1. The average Bonchev–Trinajstić information content (AvgIpc) is 2.52. The van der Waals surface area contributed by atoms with Gasteiger partial charge in [0.1, 0.15) is 0 Å². The Hall–Kier alpha value is 0.546. The van der Waals surface area contributed by atoms with Crippen molar-refractivity contribution in [1.29, 1.82) is 0 Å². The Morgan fingerprint density at radius 1 is 1.71 bits per heavy atom. The number of rotatable bonds is 5. The first kappa shape index (κ1) is 12.6. The van der Waals surface area contributed by atoms with Crippen LogP contribution in [0.25, 0.3) is 0 Å². The van der Waals surface area contributed by atoms with Crippen molar-refractivity contribution in [2.24, 2.45) is 0 Å². The third kappa shape index (κ3) is 4.38. The number of aromatic nitrogens is 1. The number of aryl methyl sites for hydroxylation is 2. The third-order valence-electron chi connectivity index (χ3n) is 1.74. The van der Waals surface area contributed by atoms with Crippen LogP contribution in [0.4, 0.5) is 0 Å². The maximum absolute atomic E-state index is 11.2. The molecule has 1 aromatic rings. The number of carbonyl (C=O) groups excluding carboxylic acids is 1. The second-order valence-electron chi connectivity index (χ2n) is 2.79. The van der Waals surface area contributed by atoms with E-state index in [0.29, 0.717) is 5.12 Å². The molecule has 0 aliphatic heterocycles. The first-order valence-electron chi connectivity index (χ1n) is 4.36. The van der Waals surface area contributed by atoms with Crippen LogP contribution in [0.3, 0.4) is 0 Å². The van der Waals surface area contributed by atoms with Crippen LogP contribution in [0.5, 0.6) is 0 Å². The Balaban J connectivity index is 2.22. The van der Waals surface area contributed by atoms with Gasteiger partial charge in [-0.1, -0.05) is 0 Å². The molecule has 0 aromatic carbocycles. The van der Waals surface area contributed by atoms with E-state index in [0.717, 1.165) is 28.4 Å². The van der Waals surface area contributed by atoms with Gasteiger partial charge in [-0.15, -0.1) is 0 Å². The summed E-state index contributed by atoms with van der Waals surface area (Å²) in [5.41, 5.74) is 2.98. The molecule has 0 aliphatic carbocycles. The molecule has 1 aromatic heterocycles. The molecular formula is C9H12NOPoS2. The number of thiazole rings is 1. The van der Waals surface area contributed by atoms with Crippen molar-refractivity contribution in [3.63, 3.8) is 0 Å². The molecule has 77 valence electrons. The molecule has 0 amide bonds. The van der Waals surface area contributed by atoms with Crippen LogP contribution in [-0.4, -0.2) is 40.9 Å². The SMILES string of the molecule is Cc1ncsc1CCSC(=O)C[CH2][Po]. The van der Waals surface area contributed by atoms with Crippen molar-refractivity contribution in [3.8, 4) is 0 Å². The third-order valence-corrected chi connectivity index (χ3v) is 4.47. The monoisotopic (exact) mass is 423 g/mol. The van der Waals surface area contributed by atoms with Crippen LogP contribution in [0.15, 0.2) is 5.51 Å². The number of hydrogen-bond donors (Lipinski definition) is 0. The summed E-state index contributed by atoms with van der Waals surface area (Å²) in [5, 5.41) is 0.335. The number of thioether (sulfide) groups is 1. The van der Waals surface area contributed by atoms with Crippen LogP contribution < -0.4 is 0 Å². The fourth-order valence-corrected chi connectivity index (χ4v) is 3.95. The predicted octanol–water partition coefficient (Wildman–Crippen LogP) is 2.23. The van der Waals surface area contributed by atoms with Gasteiger partial charge in [-0.25, -0.2) is 0 Å². The Kier molecular flexibility index (Phi) is 6.24. The summed E-state index contributed by atoms with van der Waals surface area (Å²) in [6.45, 7) is 2.02. The molecule has 0 saturated carbocycles. The molecule has 0 aliphatic rings. The van der Waals surface area contributed by atoms with Gasteiger partial charge in [0.25, 0.3) is 0 Å².